The fraction of sp³-hybridized carbons (Fsp3) is 0.273. The Kier molecular flexibility index (Phi) is 2.87. The second-order valence-electron chi connectivity index (χ2n) is 3.68. The average molecular weight is 236 g/mol. The molecular formula is C11H12N2O2S. The normalized spacial score (nSPS) is 13.9. The van der Waals surface area contributed by atoms with Crippen LogP contribution in [0.15, 0.2) is 18.2 Å². The van der Waals surface area contributed by atoms with Crippen molar-refractivity contribution in [2.75, 3.05) is 23.0 Å². The molecule has 0 atom stereocenters. The van der Waals surface area contributed by atoms with Gasteiger partial charge in [0, 0.05) is 18.4 Å². The second kappa shape index (κ2) is 4.17. The van der Waals surface area contributed by atoms with E-state index in [1.54, 1.807) is 18.0 Å². The summed E-state index contributed by atoms with van der Waals surface area (Å²) in [6.07, 6.45) is 0.399. The maximum absolute atomic E-state index is 11.4. The van der Waals surface area contributed by atoms with Gasteiger partial charge in [-0.15, -0.1) is 0 Å². The fourth-order valence-corrected chi connectivity index (χ4v) is 1.83. The van der Waals surface area contributed by atoms with Crippen molar-refractivity contribution in [2.45, 2.75) is 6.42 Å². The Hall–Kier alpha value is -1.49. The lowest BCUT2D eigenvalue weighted by molar-refractivity contribution is -0.117. The zero-order chi connectivity index (χ0) is 11.7. The van der Waals surface area contributed by atoms with E-state index in [9.17, 15) is 9.59 Å². The van der Waals surface area contributed by atoms with E-state index in [1.165, 1.54) is 0 Å². The molecule has 0 bridgehead atoms. The van der Waals surface area contributed by atoms with E-state index in [4.69, 9.17) is 0 Å². The van der Waals surface area contributed by atoms with E-state index < -0.39 is 0 Å². The number of nitrogens with one attached hydrogen (secondary N) is 1. The molecule has 2 amide bonds. The van der Waals surface area contributed by atoms with E-state index in [1.807, 2.05) is 12.1 Å². The second-order valence-corrected chi connectivity index (χ2v) is 4.00. The summed E-state index contributed by atoms with van der Waals surface area (Å²) < 4.78 is 0. The minimum atomic E-state index is -0.152. The molecule has 0 aromatic heterocycles. The topological polar surface area (TPSA) is 49.4 Å². The number of thiol groups is 1. The van der Waals surface area contributed by atoms with Crippen molar-refractivity contribution in [1.29, 1.82) is 0 Å². The summed E-state index contributed by atoms with van der Waals surface area (Å²) in [7, 11) is 1.75. The molecule has 1 aromatic rings. The Labute approximate surface area is 99.0 Å². The van der Waals surface area contributed by atoms with Crippen molar-refractivity contribution in [3.05, 3.63) is 23.8 Å². The first-order valence-corrected chi connectivity index (χ1v) is 5.55. The highest BCUT2D eigenvalue weighted by atomic mass is 32.1. The largest absolute Gasteiger partial charge is 0.325 e. The van der Waals surface area contributed by atoms with Gasteiger partial charge < -0.3 is 10.2 Å². The Morgan fingerprint density at radius 1 is 1.56 bits per heavy atom. The Morgan fingerprint density at radius 3 is 3.00 bits per heavy atom. The molecule has 1 N–H and O–H groups in total. The van der Waals surface area contributed by atoms with Crippen LogP contribution in [0, 0.1) is 0 Å². The predicted octanol–water partition coefficient (Wildman–Crippen LogP) is 1.07. The lowest BCUT2D eigenvalue weighted by Gasteiger charge is -2.10. The van der Waals surface area contributed by atoms with Gasteiger partial charge in [-0.2, -0.15) is 12.6 Å². The first kappa shape index (κ1) is 11.0. The highest BCUT2D eigenvalue weighted by Crippen LogP contribution is 2.29. The zero-order valence-electron chi connectivity index (χ0n) is 8.86. The lowest BCUT2D eigenvalue weighted by atomic mass is 10.1. The number of hydrogen-bond donors (Lipinski definition) is 2. The summed E-state index contributed by atoms with van der Waals surface area (Å²) in [5.74, 6) is 0.0734. The summed E-state index contributed by atoms with van der Waals surface area (Å²) in [5, 5.41) is 2.71. The zero-order valence-corrected chi connectivity index (χ0v) is 9.75. The van der Waals surface area contributed by atoms with Crippen LogP contribution in [0.4, 0.5) is 11.4 Å². The van der Waals surface area contributed by atoms with Crippen molar-refractivity contribution in [2.24, 2.45) is 0 Å². The van der Waals surface area contributed by atoms with E-state index in [-0.39, 0.29) is 17.6 Å². The summed E-state index contributed by atoms with van der Waals surface area (Å²) in [6, 6.07) is 5.46. The van der Waals surface area contributed by atoms with Gasteiger partial charge in [-0.05, 0) is 23.8 Å². The molecule has 0 spiro atoms. The minimum Gasteiger partial charge on any atom is -0.325 e. The van der Waals surface area contributed by atoms with Gasteiger partial charge in [0.05, 0.1) is 12.2 Å². The van der Waals surface area contributed by atoms with Crippen molar-refractivity contribution in [3.63, 3.8) is 0 Å². The Bertz CT molecular complexity index is 459. The van der Waals surface area contributed by atoms with Crippen LogP contribution in [0.3, 0.4) is 0 Å². The SMILES string of the molecule is CN1C(=O)Cc2cc(NC(=O)CS)ccc21. The van der Waals surface area contributed by atoms with Crippen molar-refractivity contribution < 1.29 is 9.59 Å². The van der Waals surface area contributed by atoms with Crippen molar-refractivity contribution in [1.82, 2.24) is 0 Å². The van der Waals surface area contributed by atoms with E-state index in [0.29, 0.717) is 12.1 Å². The van der Waals surface area contributed by atoms with Crippen LogP contribution in [0.2, 0.25) is 0 Å². The fourth-order valence-electron chi connectivity index (χ4n) is 1.75. The van der Waals surface area contributed by atoms with Crippen LogP contribution >= 0.6 is 12.6 Å². The number of carbonyl (C=O) groups excluding carboxylic acids is 2. The molecule has 1 aromatic carbocycles. The molecular weight excluding hydrogens is 224 g/mol. The molecule has 1 aliphatic heterocycles. The molecule has 0 saturated carbocycles. The van der Waals surface area contributed by atoms with Crippen LogP contribution in [0.1, 0.15) is 5.56 Å². The molecule has 0 aliphatic carbocycles. The van der Waals surface area contributed by atoms with Crippen LogP contribution in [0.5, 0.6) is 0 Å². The van der Waals surface area contributed by atoms with Gasteiger partial charge in [0.25, 0.3) is 0 Å². The molecule has 5 heteroatoms. The molecule has 1 heterocycles. The van der Waals surface area contributed by atoms with Gasteiger partial charge in [0.15, 0.2) is 0 Å². The molecule has 0 unspecified atom stereocenters. The number of rotatable bonds is 2. The number of anilines is 2. The molecule has 16 heavy (non-hydrogen) atoms. The number of nitrogens with zero attached hydrogens (tertiary/aromatic N) is 1. The maximum Gasteiger partial charge on any atom is 0.234 e. The van der Waals surface area contributed by atoms with Crippen molar-refractivity contribution in [3.8, 4) is 0 Å². The highest BCUT2D eigenvalue weighted by molar-refractivity contribution is 7.81. The third-order valence-electron chi connectivity index (χ3n) is 2.58. The van der Waals surface area contributed by atoms with Gasteiger partial charge in [-0.1, -0.05) is 0 Å². The number of carbonyl (C=O) groups is 2. The van der Waals surface area contributed by atoms with Gasteiger partial charge in [-0.3, -0.25) is 9.59 Å². The molecule has 0 radical (unpaired) electrons. The standard InChI is InChI=1S/C11H12N2O2S/c1-13-9-3-2-8(12-10(14)6-16)4-7(9)5-11(13)15/h2-4,16H,5-6H2,1H3,(H,12,14). The van der Waals surface area contributed by atoms with Crippen LogP contribution in [-0.2, 0) is 16.0 Å². The molecule has 84 valence electrons. The quantitative estimate of drug-likeness (QED) is 0.755. The first-order chi connectivity index (χ1) is 7.61. The van der Waals surface area contributed by atoms with Crippen molar-refractivity contribution >= 4 is 35.8 Å². The Morgan fingerprint density at radius 2 is 2.31 bits per heavy atom. The third-order valence-corrected chi connectivity index (χ3v) is 2.87. The first-order valence-electron chi connectivity index (χ1n) is 4.92. The average Bonchev–Trinajstić information content (AvgIpc) is 2.54. The van der Waals surface area contributed by atoms with E-state index in [0.717, 1.165) is 11.3 Å². The molecule has 4 nitrogen and oxygen atoms in total. The van der Waals surface area contributed by atoms with Crippen LogP contribution < -0.4 is 10.2 Å². The summed E-state index contributed by atoms with van der Waals surface area (Å²) in [5.41, 5.74) is 2.57. The molecule has 0 fully saturated rings. The minimum absolute atomic E-state index is 0.0765. The number of fused-ring (bicyclic) bond motifs is 1. The van der Waals surface area contributed by atoms with E-state index >= 15 is 0 Å². The van der Waals surface area contributed by atoms with Gasteiger partial charge in [0.1, 0.15) is 0 Å². The number of likely N-dealkylation sites (N-methyl/N-ethyl adjacent to an activating group) is 1. The van der Waals surface area contributed by atoms with Gasteiger partial charge in [0.2, 0.25) is 11.8 Å². The van der Waals surface area contributed by atoms with Crippen LogP contribution in [-0.4, -0.2) is 24.6 Å². The smallest absolute Gasteiger partial charge is 0.234 e. The van der Waals surface area contributed by atoms with Gasteiger partial charge >= 0.3 is 0 Å². The lowest BCUT2D eigenvalue weighted by Crippen LogP contribution is -2.20. The molecule has 1 aliphatic rings. The molecule has 0 saturated heterocycles. The highest BCUT2D eigenvalue weighted by Gasteiger charge is 2.23. The summed E-state index contributed by atoms with van der Waals surface area (Å²) in [6.45, 7) is 0. The monoisotopic (exact) mass is 236 g/mol. The number of amides is 2. The number of benzene rings is 1. The van der Waals surface area contributed by atoms with Gasteiger partial charge in [-0.25, -0.2) is 0 Å². The summed E-state index contributed by atoms with van der Waals surface area (Å²) >= 11 is 3.88. The number of hydrogen-bond acceptors (Lipinski definition) is 3. The third kappa shape index (κ3) is 1.90. The van der Waals surface area contributed by atoms with E-state index in [2.05, 4.69) is 17.9 Å². The molecule has 2 rings (SSSR count). The maximum atomic E-state index is 11.4. The van der Waals surface area contributed by atoms with Crippen LogP contribution in [0.25, 0.3) is 0 Å². The predicted molar refractivity (Wildman–Crippen MR) is 66.0 cm³/mol. The summed E-state index contributed by atoms with van der Waals surface area (Å²) in [4.78, 5) is 24.2. The Balaban J connectivity index is 2.25.